The van der Waals surface area contributed by atoms with Gasteiger partial charge in [-0.1, -0.05) is 42.8 Å². The number of carbonyl (C=O) groups is 1. The summed E-state index contributed by atoms with van der Waals surface area (Å²) in [6.07, 6.45) is 6.44. The van der Waals surface area contributed by atoms with Gasteiger partial charge in [0.05, 0.1) is 18.4 Å². The van der Waals surface area contributed by atoms with E-state index >= 15 is 0 Å². The lowest BCUT2D eigenvalue weighted by Crippen LogP contribution is -2.33. The topological polar surface area (TPSA) is 60.2 Å². The summed E-state index contributed by atoms with van der Waals surface area (Å²) in [5.74, 6) is 2.01. The standard InChI is InChI=1S/C20H26N4O2S/c1-3-12-24-19(16-10-6-7-11-17(16)26-2)21-22-20(24)27-15-18(25)23-13-8-4-5-9-14-23/h3,6-7,10-11H,1,4-5,8-9,12-15H2,2H3. The average molecular weight is 387 g/mol. The van der Waals surface area contributed by atoms with E-state index in [0.717, 1.165) is 48.2 Å². The predicted octanol–water partition coefficient (Wildman–Crippen LogP) is 3.63. The lowest BCUT2D eigenvalue weighted by Gasteiger charge is -2.19. The molecule has 6 nitrogen and oxygen atoms in total. The molecule has 3 rings (SSSR count). The van der Waals surface area contributed by atoms with Gasteiger partial charge in [-0.3, -0.25) is 9.36 Å². The van der Waals surface area contributed by atoms with Crippen LogP contribution in [0.5, 0.6) is 5.75 Å². The first-order chi connectivity index (χ1) is 13.2. The summed E-state index contributed by atoms with van der Waals surface area (Å²) >= 11 is 1.43. The van der Waals surface area contributed by atoms with Gasteiger partial charge in [-0.05, 0) is 25.0 Å². The fourth-order valence-electron chi connectivity index (χ4n) is 3.26. The van der Waals surface area contributed by atoms with Crippen LogP contribution in [-0.2, 0) is 11.3 Å². The Morgan fingerprint density at radius 2 is 1.96 bits per heavy atom. The molecule has 1 aliphatic rings. The highest BCUT2D eigenvalue weighted by Gasteiger charge is 2.20. The van der Waals surface area contributed by atoms with Crippen LogP contribution in [0.3, 0.4) is 0 Å². The maximum atomic E-state index is 12.6. The highest BCUT2D eigenvalue weighted by atomic mass is 32.2. The summed E-state index contributed by atoms with van der Waals surface area (Å²) in [7, 11) is 1.64. The van der Waals surface area contributed by atoms with Gasteiger partial charge in [0.15, 0.2) is 11.0 Å². The average Bonchev–Trinajstić information content (AvgIpc) is 2.91. The molecule has 7 heteroatoms. The third-order valence-corrected chi connectivity index (χ3v) is 5.61. The molecule has 0 aliphatic carbocycles. The van der Waals surface area contributed by atoms with Crippen molar-refractivity contribution >= 4 is 17.7 Å². The van der Waals surface area contributed by atoms with E-state index in [1.54, 1.807) is 7.11 Å². The molecule has 0 atom stereocenters. The quantitative estimate of drug-likeness (QED) is 0.537. The van der Waals surface area contributed by atoms with Crippen molar-refractivity contribution in [1.82, 2.24) is 19.7 Å². The maximum absolute atomic E-state index is 12.6. The van der Waals surface area contributed by atoms with Gasteiger partial charge in [0.25, 0.3) is 0 Å². The zero-order valence-corrected chi connectivity index (χ0v) is 16.6. The zero-order valence-electron chi connectivity index (χ0n) is 15.8. The van der Waals surface area contributed by atoms with Gasteiger partial charge in [0.1, 0.15) is 5.75 Å². The number of thioether (sulfide) groups is 1. The molecule has 2 aromatic rings. The van der Waals surface area contributed by atoms with Crippen LogP contribution in [0.4, 0.5) is 0 Å². The molecule has 0 radical (unpaired) electrons. The van der Waals surface area contributed by atoms with Crippen LogP contribution in [0.2, 0.25) is 0 Å². The van der Waals surface area contributed by atoms with E-state index in [0.29, 0.717) is 12.3 Å². The molecule has 1 fully saturated rings. The molecule has 2 heterocycles. The Kier molecular flexibility index (Phi) is 6.92. The molecule has 1 amide bonds. The number of methoxy groups -OCH3 is 1. The van der Waals surface area contributed by atoms with E-state index in [1.807, 2.05) is 39.8 Å². The number of rotatable bonds is 7. The highest BCUT2D eigenvalue weighted by molar-refractivity contribution is 7.99. The third-order valence-electron chi connectivity index (χ3n) is 4.66. The molecule has 1 aromatic carbocycles. The minimum absolute atomic E-state index is 0.175. The van der Waals surface area contributed by atoms with Crippen molar-refractivity contribution in [1.29, 1.82) is 0 Å². The van der Waals surface area contributed by atoms with Gasteiger partial charge in [-0.15, -0.1) is 16.8 Å². The monoisotopic (exact) mass is 386 g/mol. The van der Waals surface area contributed by atoms with Gasteiger partial charge >= 0.3 is 0 Å². The van der Waals surface area contributed by atoms with Crippen molar-refractivity contribution in [2.45, 2.75) is 37.4 Å². The molecule has 1 saturated heterocycles. The number of aromatic nitrogens is 3. The smallest absolute Gasteiger partial charge is 0.233 e. The Bertz CT molecular complexity index is 782. The van der Waals surface area contributed by atoms with Crippen LogP contribution >= 0.6 is 11.8 Å². The Labute approximate surface area is 164 Å². The van der Waals surface area contributed by atoms with E-state index in [1.165, 1.54) is 24.6 Å². The van der Waals surface area contributed by atoms with Crippen LogP contribution in [0.15, 0.2) is 42.1 Å². The van der Waals surface area contributed by atoms with Crippen LogP contribution < -0.4 is 4.74 Å². The normalized spacial score (nSPS) is 14.6. The van der Waals surface area contributed by atoms with Crippen LogP contribution in [0.1, 0.15) is 25.7 Å². The molecule has 1 aliphatic heterocycles. The highest BCUT2D eigenvalue weighted by Crippen LogP contribution is 2.31. The fourth-order valence-corrected chi connectivity index (χ4v) is 4.11. The number of allylic oxidation sites excluding steroid dienone is 1. The molecular formula is C20H26N4O2S. The number of nitrogens with zero attached hydrogens (tertiary/aromatic N) is 4. The number of hydrogen-bond acceptors (Lipinski definition) is 5. The van der Waals surface area contributed by atoms with Crippen molar-refractivity contribution in [3.8, 4) is 17.1 Å². The van der Waals surface area contributed by atoms with Gasteiger partial charge < -0.3 is 9.64 Å². The lowest BCUT2D eigenvalue weighted by molar-refractivity contribution is -0.128. The van der Waals surface area contributed by atoms with Gasteiger partial charge in [-0.2, -0.15) is 0 Å². The van der Waals surface area contributed by atoms with Crippen LogP contribution in [0.25, 0.3) is 11.4 Å². The molecule has 144 valence electrons. The van der Waals surface area contributed by atoms with Crippen molar-refractivity contribution in [2.75, 3.05) is 26.0 Å². The van der Waals surface area contributed by atoms with Crippen molar-refractivity contribution in [3.63, 3.8) is 0 Å². The van der Waals surface area contributed by atoms with Crippen molar-refractivity contribution in [3.05, 3.63) is 36.9 Å². The summed E-state index contributed by atoms with van der Waals surface area (Å²) < 4.78 is 7.43. The minimum Gasteiger partial charge on any atom is -0.496 e. The Morgan fingerprint density at radius 3 is 2.67 bits per heavy atom. The predicted molar refractivity (Wildman–Crippen MR) is 108 cm³/mol. The lowest BCUT2D eigenvalue weighted by atomic mass is 10.2. The second-order valence-electron chi connectivity index (χ2n) is 6.49. The van der Waals surface area contributed by atoms with Crippen molar-refractivity contribution < 1.29 is 9.53 Å². The van der Waals surface area contributed by atoms with Crippen molar-refractivity contribution in [2.24, 2.45) is 0 Å². The number of likely N-dealkylation sites (tertiary alicyclic amines) is 1. The number of ether oxygens (including phenoxy) is 1. The molecule has 0 spiro atoms. The first kappa shape index (κ1) is 19.5. The van der Waals surface area contributed by atoms with E-state index in [4.69, 9.17) is 4.74 Å². The molecule has 0 saturated carbocycles. The largest absolute Gasteiger partial charge is 0.496 e. The summed E-state index contributed by atoms with van der Waals surface area (Å²) in [4.78, 5) is 14.6. The summed E-state index contributed by atoms with van der Waals surface area (Å²) in [5, 5.41) is 9.40. The second-order valence-corrected chi connectivity index (χ2v) is 7.43. The number of hydrogen-bond donors (Lipinski definition) is 0. The fraction of sp³-hybridized carbons (Fsp3) is 0.450. The molecule has 0 bridgehead atoms. The molecule has 0 N–H and O–H groups in total. The van der Waals surface area contributed by atoms with Gasteiger partial charge in [0.2, 0.25) is 5.91 Å². The second kappa shape index (κ2) is 9.60. The third kappa shape index (κ3) is 4.71. The summed E-state index contributed by atoms with van der Waals surface area (Å²) in [6, 6.07) is 7.73. The molecule has 27 heavy (non-hydrogen) atoms. The first-order valence-corrected chi connectivity index (χ1v) is 10.3. The van der Waals surface area contributed by atoms with Crippen LogP contribution in [0, 0.1) is 0 Å². The van der Waals surface area contributed by atoms with Gasteiger partial charge in [0, 0.05) is 19.6 Å². The molecular weight excluding hydrogens is 360 g/mol. The van der Waals surface area contributed by atoms with E-state index in [9.17, 15) is 4.79 Å². The number of benzene rings is 1. The zero-order chi connectivity index (χ0) is 19.1. The SMILES string of the molecule is C=CCn1c(SCC(=O)N2CCCCCC2)nnc1-c1ccccc1OC. The van der Waals surface area contributed by atoms with Crippen LogP contribution in [-0.4, -0.2) is 51.5 Å². The van der Waals surface area contributed by atoms with E-state index in [-0.39, 0.29) is 5.91 Å². The van der Waals surface area contributed by atoms with Gasteiger partial charge in [-0.25, -0.2) is 0 Å². The summed E-state index contributed by atoms with van der Waals surface area (Å²) in [6.45, 7) is 6.14. The number of amides is 1. The molecule has 1 aromatic heterocycles. The maximum Gasteiger partial charge on any atom is 0.233 e. The number of carbonyl (C=O) groups excluding carboxylic acids is 1. The summed E-state index contributed by atoms with van der Waals surface area (Å²) in [5.41, 5.74) is 0.875. The Hall–Kier alpha value is -2.28. The Balaban J connectivity index is 1.77. The number of para-hydroxylation sites is 1. The van der Waals surface area contributed by atoms with E-state index in [2.05, 4.69) is 16.8 Å². The van der Waals surface area contributed by atoms with E-state index < -0.39 is 0 Å². The Morgan fingerprint density at radius 1 is 1.22 bits per heavy atom. The minimum atomic E-state index is 0.175. The molecule has 0 unspecified atom stereocenters. The first-order valence-electron chi connectivity index (χ1n) is 9.32.